The van der Waals surface area contributed by atoms with Crippen LogP contribution < -0.4 is 0 Å². The number of carbonyl (C=O) groups is 1. The standard InChI is InChI=1S/C16H11Cl2NO/c17-16(18,11-19)10-13-8-4-5-9-14(13)15(20)12-6-2-1-3-7-12/h1-9H,10H2. The van der Waals surface area contributed by atoms with Crippen molar-refractivity contribution in [3.05, 3.63) is 71.3 Å². The minimum Gasteiger partial charge on any atom is -0.289 e. The van der Waals surface area contributed by atoms with Gasteiger partial charge in [-0.1, -0.05) is 77.8 Å². The SMILES string of the molecule is N#CC(Cl)(Cl)Cc1ccccc1C(=O)c1ccccc1. The molecular weight excluding hydrogens is 293 g/mol. The predicted molar refractivity (Wildman–Crippen MR) is 80.1 cm³/mol. The van der Waals surface area contributed by atoms with Crippen molar-refractivity contribution in [3.8, 4) is 6.07 Å². The summed E-state index contributed by atoms with van der Waals surface area (Å²) in [6.45, 7) is 0. The largest absolute Gasteiger partial charge is 0.289 e. The molecule has 0 spiro atoms. The zero-order chi connectivity index (χ0) is 14.6. The average Bonchev–Trinajstić information content (AvgIpc) is 2.48. The summed E-state index contributed by atoms with van der Waals surface area (Å²) in [6, 6.07) is 17.8. The molecule has 0 aliphatic rings. The smallest absolute Gasteiger partial charge is 0.207 e. The van der Waals surface area contributed by atoms with Crippen LogP contribution in [-0.2, 0) is 6.42 Å². The monoisotopic (exact) mass is 303 g/mol. The average molecular weight is 304 g/mol. The van der Waals surface area contributed by atoms with Crippen LogP contribution in [0.2, 0.25) is 0 Å². The Morgan fingerprint density at radius 2 is 1.65 bits per heavy atom. The lowest BCUT2D eigenvalue weighted by Crippen LogP contribution is -2.16. The fraction of sp³-hybridized carbons (Fsp3) is 0.125. The van der Waals surface area contributed by atoms with E-state index in [4.69, 9.17) is 28.5 Å². The number of halogens is 2. The first-order valence-corrected chi connectivity index (χ1v) is 6.76. The van der Waals surface area contributed by atoms with Gasteiger partial charge in [-0.3, -0.25) is 4.79 Å². The van der Waals surface area contributed by atoms with E-state index in [1.54, 1.807) is 48.5 Å². The summed E-state index contributed by atoms with van der Waals surface area (Å²) in [7, 11) is 0. The number of carbonyl (C=O) groups excluding carboxylic acids is 1. The third kappa shape index (κ3) is 3.39. The lowest BCUT2D eigenvalue weighted by atomic mass is 9.96. The number of benzene rings is 2. The van der Waals surface area contributed by atoms with Crippen molar-refractivity contribution < 1.29 is 4.79 Å². The van der Waals surface area contributed by atoms with Gasteiger partial charge in [-0.25, -0.2) is 0 Å². The van der Waals surface area contributed by atoms with Crippen LogP contribution in [0.4, 0.5) is 0 Å². The second kappa shape index (κ2) is 6.09. The first-order valence-electron chi connectivity index (χ1n) is 6.00. The maximum absolute atomic E-state index is 12.5. The first kappa shape index (κ1) is 14.6. The Morgan fingerprint density at radius 3 is 2.30 bits per heavy atom. The number of ketones is 1. The van der Waals surface area contributed by atoms with Crippen molar-refractivity contribution in [1.82, 2.24) is 0 Å². The topological polar surface area (TPSA) is 40.9 Å². The highest BCUT2D eigenvalue weighted by molar-refractivity contribution is 6.50. The van der Waals surface area contributed by atoms with Gasteiger partial charge in [-0.15, -0.1) is 0 Å². The van der Waals surface area contributed by atoms with Crippen molar-refractivity contribution in [1.29, 1.82) is 5.26 Å². The summed E-state index contributed by atoms with van der Waals surface area (Å²) in [5.41, 5.74) is 1.76. The third-order valence-electron chi connectivity index (χ3n) is 2.87. The number of rotatable bonds is 4. The number of nitrogens with zero attached hydrogens (tertiary/aromatic N) is 1. The highest BCUT2D eigenvalue weighted by Gasteiger charge is 2.26. The van der Waals surface area contributed by atoms with Crippen LogP contribution in [0.3, 0.4) is 0 Å². The Kier molecular flexibility index (Phi) is 4.44. The van der Waals surface area contributed by atoms with Crippen molar-refractivity contribution in [2.24, 2.45) is 0 Å². The van der Waals surface area contributed by atoms with Gasteiger partial charge in [0.1, 0.15) is 6.07 Å². The van der Waals surface area contributed by atoms with Gasteiger partial charge < -0.3 is 0 Å². The molecule has 0 fully saturated rings. The molecule has 0 saturated carbocycles. The van der Waals surface area contributed by atoms with E-state index in [0.717, 1.165) is 0 Å². The molecule has 2 rings (SSSR count). The fourth-order valence-electron chi connectivity index (χ4n) is 1.92. The van der Waals surface area contributed by atoms with Crippen LogP contribution in [0.5, 0.6) is 0 Å². The van der Waals surface area contributed by atoms with Crippen LogP contribution in [0.15, 0.2) is 54.6 Å². The molecule has 20 heavy (non-hydrogen) atoms. The van der Waals surface area contributed by atoms with E-state index >= 15 is 0 Å². The summed E-state index contributed by atoms with van der Waals surface area (Å²) in [4.78, 5) is 12.5. The molecule has 0 bridgehead atoms. The van der Waals surface area contributed by atoms with Gasteiger partial charge in [0.25, 0.3) is 0 Å². The Labute approximate surface area is 127 Å². The molecular formula is C16H11Cl2NO. The Hall–Kier alpha value is -1.82. The molecule has 2 aromatic carbocycles. The van der Waals surface area contributed by atoms with Gasteiger partial charge in [0, 0.05) is 17.5 Å². The van der Waals surface area contributed by atoms with Gasteiger partial charge >= 0.3 is 0 Å². The number of nitriles is 1. The first-order chi connectivity index (χ1) is 9.53. The number of alkyl halides is 2. The molecule has 0 radical (unpaired) electrons. The Morgan fingerprint density at radius 1 is 1.05 bits per heavy atom. The van der Waals surface area contributed by atoms with Crippen molar-refractivity contribution in [3.63, 3.8) is 0 Å². The van der Waals surface area contributed by atoms with Crippen molar-refractivity contribution in [2.45, 2.75) is 10.8 Å². The van der Waals surface area contributed by atoms with Crippen LogP contribution >= 0.6 is 23.2 Å². The molecule has 0 heterocycles. The highest BCUT2D eigenvalue weighted by Crippen LogP contribution is 2.27. The number of hydrogen-bond donors (Lipinski definition) is 0. The summed E-state index contributed by atoms with van der Waals surface area (Å²) < 4.78 is -1.53. The maximum atomic E-state index is 12.5. The van der Waals surface area contributed by atoms with E-state index < -0.39 is 4.33 Å². The lowest BCUT2D eigenvalue weighted by molar-refractivity contribution is 0.103. The molecule has 0 aliphatic carbocycles. The molecule has 0 amide bonds. The fourth-order valence-corrected chi connectivity index (χ4v) is 2.21. The zero-order valence-corrected chi connectivity index (χ0v) is 12.0. The summed E-state index contributed by atoms with van der Waals surface area (Å²) in [5, 5.41) is 8.90. The predicted octanol–water partition coefficient (Wildman–Crippen LogP) is 4.16. The van der Waals surface area contributed by atoms with Gasteiger partial charge in [0.2, 0.25) is 4.33 Å². The quantitative estimate of drug-likeness (QED) is 0.628. The van der Waals surface area contributed by atoms with E-state index in [0.29, 0.717) is 16.7 Å². The lowest BCUT2D eigenvalue weighted by Gasteiger charge is -2.13. The maximum Gasteiger partial charge on any atom is 0.207 e. The van der Waals surface area contributed by atoms with Gasteiger partial charge in [0.05, 0.1) is 0 Å². The molecule has 0 N–H and O–H groups in total. The third-order valence-corrected chi connectivity index (χ3v) is 3.31. The Balaban J connectivity index is 2.39. The van der Waals surface area contributed by atoms with Crippen LogP contribution in [0.25, 0.3) is 0 Å². The van der Waals surface area contributed by atoms with Crippen LogP contribution in [-0.4, -0.2) is 10.1 Å². The van der Waals surface area contributed by atoms with E-state index in [1.165, 1.54) is 0 Å². The van der Waals surface area contributed by atoms with Crippen molar-refractivity contribution in [2.75, 3.05) is 0 Å². The molecule has 0 atom stereocenters. The van der Waals surface area contributed by atoms with E-state index in [2.05, 4.69) is 0 Å². The zero-order valence-electron chi connectivity index (χ0n) is 10.5. The molecule has 100 valence electrons. The van der Waals surface area contributed by atoms with E-state index in [-0.39, 0.29) is 12.2 Å². The molecule has 0 unspecified atom stereocenters. The van der Waals surface area contributed by atoms with Crippen LogP contribution in [0, 0.1) is 11.3 Å². The number of hydrogen-bond acceptors (Lipinski definition) is 2. The molecule has 2 nitrogen and oxygen atoms in total. The molecule has 0 saturated heterocycles. The van der Waals surface area contributed by atoms with E-state index in [1.807, 2.05) is 12.1 Å². The summed E-state index contributed by atoms with van der Waals surface area (Å²) >= 11 is 11.7. The van der Waals surface area contributed by atoms with E-state index in [9.17, 15) is 4.79 Å². The van der Waals surface area contributed by atoms with Crippen LogP contribution in [0.1, 0.15) is 21.5 Å². The highest BCUT2D eigenvalue weighted by atomic mass is 35.5. The van der Waals surface area contributed by atoms with Gasteiger partial charge in [-0.05, 0) is 5.56 Å². The molecule has 4 heteroatoms. The minimum atomic E-state index is -1.53. The Bertz CT molecular complexity index is 660. The van der Waals surface area contributed by atoms with Crippen molar-refractivity contribution >= 4 is 29.0 Å². The minimum absolute atomic E-state index is 0.0986. The normalized spacial score (nSPS) is 10.8. The second-order valence-electron chi connectivity index (χ2n) is 4.35. The summed E-state index contributed by atoms with van der Waals surface area (Å²) in [5.74, 6) is -0.108. The second-order valence-corrected chi connectivity index (χ2v) is 5.83. The molecule has 2 aromatic rings. The molecule has 0 aliphatic heterocycles. The van der Waals surface area contributed by atoms with Gasteiger partial charge in [-0.2, -0.15) is 5.26 Å². The molecule has 0 aromatic heterocycles. The van der Waals surface area contributed by atoms with Gasteiger partial charge in [0.15, 0.2) is 5.78 Å². The summed E-state index contributed by atoms with van der Waals surface area (Å²) in [6.07, 6.45) is 0.0986.